The predicted octanol–water partition coefficient (Wildman–Crippen LogP) is 3.64. The van der Waals surface area contributed by atoms with E-state index in [1.807, 2.05) is 45.0 Å². The summed E-state index contributed by atoms with van der Waals surface area (Å²) in [4.78, 5) is 36.6. The van der Waals surface area contributed by atoms with Gasteiger partial charge in [0, 0.05) is 36.1 Å². The van der Waals surface area contributed by atoms with Crippen LogP contribution in [0.2, 0.25) is 0 Å². The number of nitrogens with one attached hydrogen (secondary N) is 1. The number of nitrogens with zero attached hydrogens (tertiary/aromatic N) is 3. The quantitative estimate of drug-likeness (QED) is 0.352. The molecule has 0 bridgehead atoms. The average molecular weight is 521 g/mol. The zero-order chi connectivity index (χ0) is 27.0. The van der Waals surface area contributed by atoms with Crippen LogP contribution in [0.15, 0.2) is 42.5 Å². The van der Waals surface area contributed by atoms with Crippen molar-refractivity contribution < 1.29 is 24.5 Å². The number of ether oxygens (including phenoxy) is 1. The molecule has 202 valence electrons. The summed E-state index contributed by atoms with van der Waals surface area (Å²) in [6, 6.07) is 11.9. The molecule has 1 saturated heterocycles. The van der Waals surface area contributed by atoms with Crippen LogP contribution in [0.1, 0.15) is 50.1 Å². The first-order valence-electron chi connectivity index (χ1n) is 13.4. The van der Waals surface area contributed by atoms with Gasteiger partial charge in [0.15, 0.2) is 0 Å². The number of aliphatic hydroxyl groups is 1. The molecule has 9 nitrogen and oxygen atoms in total. The van der Waals surface area contributed by atoms with Crippen molar-refractivity contribution in [1.82, 2.24) is 19.7 Å². The van der Waals surface area contributed by atoms with Gasteiger partial charge < -0.3 is 24.8 Å². The van der Waals surface area contributed by atoms with E-state index in [4.69, 9.17) is 4.74 Å². The molecule has 0 saturated carbocycles. The summed E-state index contributed by atoms with van der Waals surface area (Å²) in [5.74, 6) is 0.644. The minimum atomic E-state index is -1.08. The fourth-order valence-electron chi connectivity index (χ4n) is 6.01. The first-order chi connectivity index (χ1) is 18.3. The second-order valence-electron chi connectivity index (χ2n) is 10.2. The highest BCUT2D eigenvalue weighted by atomic mass is 16.5. The molecule has 3 aromatic rings. The highest BCUT2D eigenvalue weighted by Crippen LogP contribution is 2.49. The van der Waals surface area contributed by atoms with Crippen LogP contribution in [0.25, 0.3) is 10.9 Å². The second kappa shape index (κ2) is 10.3. The van der Waals surface area contributed by atoms with Crippen molar-refractivity contribution in [3.63, 3.8) is 0 Å². The maximum atomic E-state index is 13.9. The zero-order valence-electron chi connectivity index (χ0n) is 22.2. The molecule has 9 heteroatoms. The number of aromatic hydroxyl groups is 1. The monoisotopic (exact) mass is 520 g/mol. The lowest BCUT2D eigenvalue weighted by Crippen LogP contribution is -2.53. The summed E-state index contributed by atoms with van der Waals surface area (Å²) in [5.41, 5.74) is 2.40. The Kier molecular flexibility index (Phi) is 7.07. The van der Waals surface area contributed by atoms with Gasteiger partial charge in [0.2, 0.25) is 0 Å². The molecule has 3 amide bonds. The molecule has 2 aliphatic heterocycles. The van der Waals surface area contributed by atoms with E-state index in [0.29, 0.717) is 39.1 Å². The van der Waals surface area contributed by atoms with Crippen LogP contribution in [-0.4, -0.2) is 86.8 Å². The summed E-state index contributed by atoms with van der Waals surface area (Å²) >= 11 is 0. The zero-order valence-corrected chi connectivity index (χ0v) is 22.2. The van der Waals surface area contributed by atoms with Gasteiger partial charge >= 0.3 is 6.03 Å². The third-order valence-corrected chi connectivity index (χ3v) is 7.85. The number of H-pyrrole nitrogens is 1. The van der Waals surface area contributed by atoms with Gasteiger partial charge in [-0.3, -0.25) is 14.6 Å². The van der Waals surface area contributed by atoms with E-state index in [-0.39, 0.29) is 24.3 Å². The summed E-state index contributed by atoms with van der Waals surface area (Å²) in [7, 11) is 0. The van der Waals surface area contributed by atoms with Crippen molar-refractivity contribution in [3.8, 4) is 11.5 Å². The van der Waals surface area contributed by atoms with Gasteiger partial charge in [-0.2, -0.15) is 0 Å². The van der Waals surface area contributed by atoms with Gasteiger partial charge in [-0.1, -0.05) is 19.1 Å². The molecule has 3 heterocycles. The molecule has 1 fully saturated rings. The Hall–Kier alpha value is -3.56. The van der Waals surface area contributed by atoms with Gasteiger partial charge in [-0.05, 0) is 74.8 Å². The van der Waals surface area contributed by atoms with E-state index >= 15 is 0 Å². The number of hydrogen-bond donors (Lipinski definition) is 3. The number of carbonyl (C=O) groups excluding carboxylic acids is 2. The number of benzene rings is 2. The molecule has 1 aromatic heterocycles. The second-order valence-corrected chi connectivity index (χ2v) is 10.2. The summed E-state index contributed by atoms with van der Waals surface area (Å²) < 4.78 is 5.75. The largest absolute Gasteiger partial charge is 0.508 e. The van der Waals surface area contributed by atoms with Crippen LogP contribution in [0, 0.1) is 0 Å². The lowest BCUT2D eigenvalue weighted by Gasteiger charge is -2.42. The molecule has 0 radical (unpaired) electrons. The van der Waals surface area contributed by atoms with E-state index in [1.54, 1.807) is 23.1 Å². The summed E-state index contributed by atoms with van der Waals surface area (Å²) in [5, 5.41) is 20.6. The molecular weight excluding hydrogens is 484 g/mol. The minimum absolute atomic E-state index is 0.0730. The lowest BCUT2D eigenvalue weighted by atomic mass is 9.81. The van der Waals surface area contributed by atoms with Crippen molar-refractivity contribution in [2.24, 2.45) is 0 Å². The predicted molar refractivity (Wildman–Crippen MR) is 144 cm³/mol. The van der Waals surface area contributed by atoms with Crippen molar-refractivity contribution in [2.45, 2.75) is 45.2 Å². The van der Waals surface area contributed by atoms with E-state index in [9.17, 15) is 19.8 Å². The standard InChI is InChI=1S/C29H36N4O5/c1-4-31(14-15-34)12-7-13-32-27(36)29(3)18-23-22-17-21(38-5-2)10-11-24(22)30-25(23)26(33(29)28(32)37)19-8-6-9-20(35)16-19/h6,8-11,16-17,26,30,34-35H,4-5,7,12-15,18H2,1-3H3/t26-,29+/m1/s1. The van der Waals surface area contributed by atoms with Gasteiger partial charge in [0.25, 0.3) is 5.91 Å². The summed E-state index contributed by atoms with van der Waals surface area (Å²) in [6.07, 6.45) is 0.998. The first kappa shape index (κ1) is 26.1. The summed E-state index contributed by atoms with van der Waals surface area (Å²) in [6.45, 7) is 8.78. The molecule has 5 rings (SSSR count). The molecule has 0 aliphatic carbocycles. The molecule has 2 aliphatic rings. The van der Waals surface area contributed by atoms with E-state index < -0.39 is 11.6 Å². The van der Waals surface area contributed by atoms with Crippen LogP contribution in [0.3, 0.4) is 0 Å². The molecule has 0 unspecified atom stereocenters. The molecule has 3 N–H and O–H groups in total. The van der Waals surface area contributed by atoms with Crippen LogP contribution < -0.4 is 4.74 Å². The Bertz CT molecular complexity index is 1350. The Morgan fingerprint density at radius 3 is 2.68 bits per heavy atom. The number of imide groups is 1. The van der Waals surface area contributed by atoms with Gasteiger partial charge in [-0.25, -0.2) is 4.79 Å². The number of amides is 3. The number of fused-ring (bicyclic) bond motifs is 4. The highest BCUT2D eigenvalue weighted by molar-refractivity contribution is 6.08. The topological polar surface area (TPSA) is 109 Å². The van der Waals surface area contributed by atoms with Crippen LogP contribution in [-0.2, 0) is 11.2 Å². The molecule has 2 atom stereocenters. The Labute approximate surface area is 222 Å². The maximum Gasteiger partial charge on any atom is 0.328 e. The van der Waals surface area contributed by atoms with Crippen molar-refractivity contribution >= 4 is 22.8 Å². The Morgan fingerprint density at radius 2 is 1.97 bits per heavy atom. The number of hydrogen-bond acceptors (Lipinski definition) is 6. The number of rotatable bonds is 10. The Morgan fingerprint density at radius 1 is 1.16 bits per heavy atom. The third kappa shape index (κ3) is 4.29. The fraction of sp³-hybridized carbons (Fsp3) is 0.448. The maximum absolute atomic E-state index is 13.9. The van der Waals surface area contributed by atoms with E-state index in [1.165, 1.54) is 4.90 Å². The van der Waals surface area contributed by atoms with Crippen LogP contribution >= 0.6 is 0 Å². The van der Waals surface area contributed by atoms with E-state index in [0.717, 1.165) is 40.0 Å². The Balaban J connectivity index is 1.56. The third-order valence-electron chi connectivity index (χ3n) is 7.85. The number of aromatic nitrogens is 1. The van der Waals surface area contributed by atoms with Gasteiger partial charge in [-0.15, -0.1) is 0 Å². The number of urea groups is 1. The van der Waals surface area contributed by atoms with Gasteiger partial charge in [0.05, 0.1) is 13.2 Å². The van der Waals surface area contributed by atoms with Gasteiger partial charge in [0.1, 0.15) is 23.1 Å². The smallest absolute Gasteiger partial charge is 0.328 e. The molecule has 38 heavy (non-hydrogen) atoms. The number of carbonyl (C=O) groups is 2. The number of aliphatic hydroxyl groups excluding tert-OH is 1. The first-order valence-corrected chi connectivity index (χ1v) is 13.4. The van der Waals surface area contributed by atoms with E-state index in [2.05, 4.69) is 9.88 Å². The normalized spacial score (nSPS) is 20.9. The van der Waals surface area contributed by atoms with Crippen molar-refractivity contribution in [3.05, 3.63) is 59.3 Å². The van der Waals surface area contributed by atoms with Crippen LogP contribution in [0.4, 0.5) is 4.79 Å². The number of phenols is 1. The van der Waals surface area contributed by atoms with Crippen molar-refractivity contribution in [1.29, 1.82) is 0 Å². The number of aromatic amines is 1. The minimum Gasteiger partial charge on any atom is -0.508 e. The average Bonchev–Trinajstić information content (AvgIpc) is 3.34. The van der Waals surface area contributed by atoms with Crippen LogP contribution in [0.5, 0.6) is 11.5 Å². The number of phenolic OH excluding ortho intramolecular Hbond substituents is 1. The van der Waals surface area contributed by atoms with Crippen molar-refractivity contribution in [2.75, 3.05) is 39.4 Å². The fourth-order valence-corrected chi connectivity index (χ4v) is 6.01. The lowest BCUT2D eigenvalue weighted by molar-refractivity contribution is -0.133. The molecular formula is C29H36N4O5. The molecule has 2 aromatic carbocycles. The SMILES string of the molecule is CCOc1ccc2[nH]c3c(c2c1)C[C@@]1(C)C(=O)N(CCCN(CC)CCO)C(=O)N1[C@@H]3c1cccc(O)c1. The number of likely N-dealkylation sites (N-methyl/N-ethyl adjacent to an activating group) is 1. The molecule has 0 spiro atoms. The highest BCUT2D eigenvalue weighted by Gasteiger charge is 2.60.